The lowest BCUT2D eigenvalue weighted by atomic mass is 9.97. The third-order valence-corrected chi connectivity index (χ3v) is 4.92. The van der Waals surface area contributed by atoms with Crippen LogP contribution in [0, 0.1) is 0 Å². The lowest BCUT2D eigenvalue weighted by molar-refractivity contribution is 0.0946. The number of anilines is 1. The number of nitrogens with zero attached hydrogens (tertiary/aromatic N) is 1. The number of hydrogen-bond acceptors (Lipinski definition) is 3. The van der Waals surface area contributed by atoms with Gasteiger partial charge in [-0.3, -0.25) is 9.78 Å². The fraction of sp³-hybridized carbons (Fsp3) is 0.368. The van der Waals surface area contributed by atoms with E-state index in [1.54, 1.807) is 0 Å². The normalized spacial score (nSPS) is 20.0. The molecule has 1 aliphatic carbocycles. The largest absolute Gasteiger partial charge is 0.382 e. The predicted octanol–water partition coefficient (Wildman–Crippen LogP) is 2.73. The lowest BCUT2D eigenvalue weighted by Crippen LogP contribution is -2.33. The third kappa shape index (κ3) is 2.81. The number of amides is 1. The Bertz CT molecular complexity index is 714. The van der Waals surface area contributed by atoms with Gasteiger partial charge in [0.15, 0.2) is 0 Å². The molecule has 0 bridgehead atoms. The Hall–Kier alpha value is -2.36. The molecule has 0 saturated carbocycles. The second-order valence-corrected chi connectivity index (χ2v) is 6.37. The second kappa shape index (κ2) is 6.03. The number of nitrogens with one attached hydrogen (secondary N) is 2. The van der Waals surface area contributed by atoms with Gasteiger partial charge in [-0.25, -0.2) is 0 Å². The highest BCUT2D eigenvalue weighted by Crippen LogP contribution is 2.27. The summed E-state index contributed by atoms with van der Waals surface area (Å²) in [6.45, 7) is 0.727. The van der Waals surface area contributed by atoms with Crippen LogP contribution in [0.15, 0.2) is 36.5 Å². The van der Waals surface area contributed by atoms with Crippen LogP contribution in [0.1, 0.15) is 40.0 Å². The maximum Gasteiger partial charge on any atom is 0.251 e. The average Bonchev–Trinajstić information content (AvgIpc) is 2.79. The SMILES string of the molecule is O=C1NCCc2c(NC3CCc4cccnc4CC3)cccc21. The van der Waals surface area contributed by atoms with E-state index in [1.165, 1.54) is 11.3 Å². The summed E-state index contributed by atoms with van der Waals surface area (Å²) in [6, 6.07) is 10.6. The third-order valence-electron chi connectivity index (χ3n) is 4.92. The minimum absolute atomic E-state index is 0.0485. The molecule has 1 aromatic heterocycles. The number of rotatable bonds is 2. The van der Waals surface area contributed by atoms with Gasteiger partial charge in [-0.15, -0.1) is 0 Å². The maximum absolute atomic E-state index is 12.0. The number of benzene rings is 1. The van der Waals surface area contributed by atoms with Crippen LogP contribution < -0.4 is 10.6 Å². The van der Waals surface area contributed by atoms with Gasteiger partial charge >= 0.3 is 0 Å². The molecule has 2 aromatic rings. The van der Waals surface area contributed by atoms with Gasteiger partial charge in [0.05, 0.1) is 0 Å². The van der Waals surface area contributed by atoms with Crippen molar-refractivity contribution in [3.8, 4) is 0 Å². The molecule has 1 unspecified atom stereocenters. The van der Waals surface area contributed by atoms with Crippen molar-refractivity contribution < 1.29 is 4.79 Å². The van der Waals surface area contributed by atoms with Crippen LogP contribution >= 0.6 is 0 Å². The van der Waals surface area contributed by atoms with Crippen LogP contribution in [-0.4, -0.2) is 23.5 Å². The molecule has 1 aromatic carbocycles. The summed E-state index contributed by atoms with van der Waals surface area (Å²) in [5.41, 5.74) is 5.73. The highest BCUT2D eigenvalue weighted by Gasteiger charge is 2.22. The number of hydrogen-bond donors (Lipinski definition) is 2. The molecule has 4 heteroatoms. The molecule has 2 aliphatic rings. The molecule has 2 heterocycles. The summed E-state index contributed by atoms with van der Waals surface area (Å²) < 4.78 is 0. The summed E-state index contributed by atoms with van der Waals surface area (Å²) >= 11 is 0. The molecule has 1 amide bonds. The van der Waals surface area contributed by atoms with Crippen molar-refractivity contribution in [1.82, 2.24) is 10.3 Å². The van der Waals surface area contributed by atoms with E-state index in [-0.39, 0.29) is 5.91 Å². The summed E-state index contributed by atoms with van der Waals surface area (Å²) in [7, 11) is 0. The summed E-state index contributed by atoms with van der Waals surface area (Å²) in [4.78, 5) is 16.5. The van der Waals surface area contributed by atoms with Crippen molar-refractivity contribution >= 4 is 11.6 Å². The first-order chi connectivity index (χ1) is 11.3. The standard InChI is InChI=1S/C19H21N3O/c23-19-16-4-1-5-18(15(16)10-12-21-19)22-14-7-6-13-3-2-11-20-17(13)9-8-14/h1-5,11,14,22H,6-10,12H2,(H,21,23). The van der Waals surface area contributed by atoms with Gasteiger partial charge in [-0.2, -0.15) is 0 Å². The number of aromatic nitrogens is 1. The van der Waals surface area contributed by atoms with Crippen LogP contribution in [0.2, 0.25) is 0 Å². The minimum Gasteiger partial charge on any atom is -0.382 e. The first-order valence-corrected chi connectivity index (χ1v) is 8.40. The van der Waals surface area contributed by atoms with Crippen molar-refractivity contribution in [3.63, 3.8) is 0 Å². The quantitative estimate of drug-likeness (QED) is 0.839. The average molecular weight is 307 g/mol. The maximum atomic E-state index is 12.0. The van der Waals surface area contributed by atoms with E-state index < -0.39 is 0 Å². The first kappa shape index (κ1) is 14.2. The molecule has 1 atom stereocenters. The first-order valence-electron chi connectivity index (χ1n) is 8.40. The van der Waals surface area contributed by atoms with Crippen LogP contribution in [0.3, 0.4) is 0 Å². The van der Waals surface area contributed by atoms with E-state index >= 15 is 0 Å². The van der Waals surface area contributed by atoms with Crippen LogP contribution in [-0.2, 0) is 19.3 Å². The van der Waals surface area contributed by atoms with Crippen LogP contribution in [0.4, 0.5) is 5.69 Å². The number of aryl methyl sites for hydroxylation is 2. The summed E-state index contributed by atoms with van der Waals surface area (Å²) in [5, 5.41) is 6.61. The molecule has 4 rings (SSSR count). The highest BCUT2D eigenvalue weighted by atomic mass is 16.1. The van der Waals surface area contributed by atoms with Crippen molar-refractivity contribution in [2.24, 2.45) is 0 Å². The van der Waals surface area contributed by atoms with Gasteiger partial charge in [0.25, 0.3) is 5.91 Å². The fourth-order valence-corrected chi connectivity index (χ4v) is 3.67. The molecule has 2 N–H and O–H groups in total. The fourth-order valence-electron chi connectivity index (χ4n) is 3.67. The molecular formula is C19H21N3O. The molecule has 23 heavy (non-hydrogen) atoms. The van der Waals surface area contributed by atoms with E-state index in [0.29, 0.717) is 6.04 Å². The molecule has 0 spiro atoms. The Morgan fingerprint density at radius 2 is 2.00 bits per heavy atom. The van der Waals surface area contributed by atoms with E-state index in [0.717, 1.165) is 55.5 Å². The topological polar surface area (TPSA) is 54.0 Å². The van der Waals surface area contributed by atoms with Gasteiger partial charge in [0.2, 0.25) is 0 Å². The highest BCUT2D eigenvalue weighted by molar-refractivity contribution is 5.98. The zero-order valence-electron chi connectivity index (χ0n) is 13.1. The predicted molar refractivity (Wildman–Crippen MR) is 90.8 cm³/mol. The Morgan fingerprint density at radius 1 is 1.09 bits per heavy atom. The van der Waals surface area contributed by atoms with Crippen molar-refractivity contribution in [2.75, 3.05) is 11.9 Å². The van der Waals surface area contributed by atoms with Crippen LogP contribution in [0.25, 0.3) is 0 Å². The lowest BCUT2D eigenvalue weighted by Gasteiger charge is -2.24. The zero-order valence-corrected chi connectivity index (χ0v) is 13.1. The van der Waals surface area contributed by atoms with Gasteiger partial charge < -0.3 is 10.6 Å². The number of carbonyl (C=O) groups excluding carboxylic acids is 1. The number of pyridine rings is 1. The molecule has 1 aliphatic heterocycles. The van der Waals surface area contributed by atoms with Crippen molar-refractivity contribution in [2.45, 2.75) is 38.1 Å². The Labute approximate surface area is 136 Å². The molecule has 0 saturated heterocycles. The van der Waals surface area contributed by atoms with Crippen LogP contribution in [0.5, 0.6) is 0 Å². The van der Waals surface area contributed by atoms with Crippen molar-refractivity contribution in [1.29, 1.82) is 0 Å². The Kier molecular flexibility index (Phi) is 3.74. The zero-order chi connectivity index (χ0) is 15.6. The van der Waals surface area contributed by atoms with E-state index in [4.69, 9.17) is 0 Å². The van der Waals surface area contributed by atoms with E-state index in [2.05, 4.69) is 27.8 Å². The molecule has 118 valence electrons. The molecular weight excluding hydrogens is 286 g/mol. The van der Waals surface area contributed by atoms with Gasteiger partial charge in [-0.05, 0) is 61.4 Å². The molecule has 0 radical (unpaired) electrons. The Balaban J connectivity index is 1.54. The van der Waals surface area contributed by atoms with Crippen molar-refractivity contribution in [3.05, 3.63) is 58.9 Å². The second-order valence-electron chi connectivity index (χ2n) is 6.37. The summed E-state index contributed by atoms with van der Waals surface area (Å²) in [6.07, 6.45) is 7.06. The summed E-state index contributed by atoms with van der Waals surface area (Å²) in [5.74, 6) is 0.0485. The monoisotopic (exact) mass is 307 g/mol. The minimum atomic E-state index is 0.0485. The number of carbonyl (C=O) groups is 1. The number of fused-ring (bicyclic) bond motifs is 2. The van der Waals surface area contributed by atoms with Gasteiger partial charge in [0.1, 0.15) is 0 Å². The Morgan fingerprint density at radius 3 is 2.96 bits per heavy atom. The van der Waals surface area contributed by atoms with E-state index in [9.17, 15) is 4.79 Å². The van der Waals surface area contributed by atoms with E-state index in [1.807, 2.05) is 24.4 Å². The van der Waals surface area contributed by atoms with Gasteiger partial charge in [-0.1, -0.05) is 12.1 Å². The van der Waals surface area contributed by atoms with Gasteiger partial charge in [0, 0.05) is 35.7 Å². The molecule has 0 fully saturated rings. The molecule has 4 nitrogen and oxygen atoms in total. The smallest absolute Gasteiger partial charge is 0.251 e.